The van der Waals surface area contributed by atoms with Crippen molar-refractivity contribution in [2.45, 2.75) is 12.8 Å². The number of rotatable bonds is 4. The molecule has 1 aliphatic heterocycles. The molecule has 1 saturated heterocycles. The van der Waals surface area contributed by atoms with E-state index in [-0.39, 0.29) is 0 Å². The highest BCUT2D eigenvalue weighted by molar-refractivity contribution is 6.31. The SMILES string of the molecule is Clc1ccc2c(NN=Cc3ccccc3N3CCCC3)ccnc2c1. The van der Waals surface area contributed by atoms with Gasteiger partial charge in [0.15, 0.2) is 0 Å². The molecule has 3 aromatic rings. The van der Waals surface area contributed by atoms with Crippen LogP contribution in [0.1, 0.15) is 18.4 Å². The summed E-state index contributed by atoms with van der Waals surface area (Å²) in [6, 6.07) is 16.0. The Morgan fingerprint density at radius 3 is 2.80 bits per heavy atom. The molecule has 1 aliphatic rings. The average molecular weight is 351 g/mol. The normalized spacial score (nSPS) is 14.5. The van der Waals surface area contributed by atoms with Crippen LogP contribution in [-0.4, -0.2) is 24.3 Å². The zero-order chi connectivity index (χ0) is 17.1. The Morgan fingerprint density at radius 1 is 1.08 bits per heavy atom. The van der Waals surface area contributed by atoms with Gasteiger partial charge in [0.2, 0.25) is 0 Å². The first-order chi connectivity index (χ1) is 12.3. The second-order valence-electron chi connectivity index (χ2n) is 6.14. The number of hydrogen-bond acceptors (Lipinski definition) is 4. The third kappa shape index (κ3) is 3.44. The first kappa shape index (κ1) is 15.9. The predicted octanol–water partition coefficient (Wildman–Crippen LogP) is 4.93. The first-order valence-electron chi connectivity index (χ1n) is 8.48. The van der Waals surface area contributed by atoms with Crippen LogP contribution in [0.3, 0.4) is 0 Å². The lowest BCUT2D eigenvalue weighted by Crippen LogP contribution is -2.19. The quantitative estimate of drug-likeness (QED) is 0.535. The van der Waals surface area contributed by atoms with E-state index in [9.17, 15) is 0 Å². The lowest BCUT2D eigenvalue weighted by molar-refractivity contribution is 0.949. The van der Waals surface area contributed by atoms with E-state index in [0.717, 1.165) is 35.2 Å². The van der Waals surface area contributed by atoms with Crippen molar-refractivity contribution < 1.29 is 0 Å². The predicted molar refractivity (Wildman–Crippen MR) is 106 cm³/mol. The van der Waals surface area contributed by atoms with Crippen molar-refractivity contribution in [2.75, 3.05) is 23.4 Å². The number of nitrogens with zero attached hydrogens (tertiary/aromatic N) is 3. The number of nitrogens with one attached hydrogen (secondary N) is 1. The summed E-state index contributed by atoms with van der Waals surface area (Å²) in [6.07, 6.45) is 6.16. The number of aromatic nitrogens is 1. The molecular formula is C20H19ClN4. The standard InChI is InChI=1S/C20H19ClN4/c21-16-7-8-17-18(9-10-22-19(17)13-16)24-23-14-15-5-1-2-6-20(15)25-11-3-4-12-25/h1-2,5-10,13-14H,3-4,11-12H2,(H,22,24). The number of anilines is 2. The molecule has 2 heterocycles. The Kier molecular flexibility index (Phi) is 4.53. The van der Waals surface area contributed by atoms with Gasteiger partial charge in [-0.15, -0.1) is 0 Å². The summed E-state index contributed by atoms with van der Waals surface area (Å²) in [5, 5.41) is 6.13. The van der Waals surface area contributed by atoms with E-state index >= 15 is 0 Å². The Bertz CT molecular complexity index is 916. The minimum absolute atomic E-state index is 0.681. The number of pyridine rings is 1. The number of hydrazone groups is 1. The highest BCUT2D eigenvalue weighted by atomic mass is 35.5. The van der Waals surface area contributed by atoms with E-state index in [2.05, 4.69) is 38.6 Å². The molecule has 25 heavy (non-hydrogen) atoms. The van der Waals surface area contributed by atoms with Gasteiger partial charge in [-0.3, -0.25) is 10.4 Å². The summed E-state index contributed by atoms with van der Waals surface area (Å²) in [6.45, 7) is 2.24. The van der Waals surface area contributed by atoms with Gasteiger partial charge in [-0.05, 0) is 43.2 Å². The maximum atomic E-state index is 6.04. The molecule has 1 N–H and O–H groups in total. The zero-order valence-electron chi connectivity index (χ0n) is 13.8. The van der Waals surface area contributed by atoms with Gasteiger partial charge in [-0.1, -0.05) is 29.8 Å². The molecule has 0 saturated carbocycles. The molecular weight excluding hydrogens is 332 g/mol. The van der Waals surface area contributed by atoms with Crippen molar-refractivity contribution in [3.63, 3.8) is 0 Å². The molecule has 0 atom stereocenters. The fourth-order valence-electron chi connectivity index (χ4n) is 3.23. The van der Waals surface area contributed by atoms with Gasteiger partial charge < -0.3 is 4.90 Å². The van der Waals surface area contributed by atoms with Crippen LogP contribution in [0.4, 0.5) is 11.4 Å². The molecule has 0 aliphatic carbocycles. The molecule has 5 heteroatoms. The van der Waals surface area contributed by atoms with Crippen molar-refractivity contribution in [3.8, 4) is 0 Å². The van der Waals surface area contributed by atoms with Gasteiger partial charge >= 0.3 is 0 Å². The highest BCUT2D eigenvalue weighted by Gasteiger charge is 2.14. The maximum absolute atomic E-state index is 6.04. The molecule has 4 rings (SSSR count). The van der Waals surface area contributed by atoms with E-state index in [4.69, 9.17) is 11.6 Å². The summed E-state index contributed by atoms with van der Waals surface area (Å²) in [5.74, 6) is 0. The topological polar surface area (TPSA) is 40.5 Å². The number of fused-ring (bicyclic) bond motifs is 1. The van der Waals surface area contributed by atoms with Crippen LogP contribution < -0.4 is 10.3 Å². The van der Waals surface area contributed by atoms with E-state index < -0.39 is 0 Å². The Hall–Kier alpha value is -2.59. The fraction of sp³-hybridized carbons (Fsp3) is 0.200. The Balaban J connectivity index is 1.58. The van der Waals surface area contributed by atoms with Gasteiger partial charge in [0.1, 0.15) is 0 Å². The van der Waals surface area contributed by atoms with Crippen LogP contribution in [0.25, 0.3) is 10.9 Å². The average Bonchev–Trinajstić information content (AvgIpc) is 3.16. The smallest absolute Gasteiger partial charge is 0.0738 e. The van der Waals surface area contributed by atoms with E-state index in [0.29, 0.717) is 5.02 Å². The number of halogens is 1. The molecule has 4 nitrogen and oxygen atoms in total. The molecule has 0 spiro atoms. The van der Waals surface area contributed by atoms with Gasteiger partial charge in [0.05, 0.1) is 17.4 Å². The molecule has 0 radical (unpaired) electrons. The minimum Gasteiger partial charge on any atom is -0.371 e. The molecule has 2 aromatic carbocycles. The zero-order valence-corrected chi connectivity index (χ0v) is 14.6. The van der Waals surface area contributed by atoms with Crippen LogP contribution in [0, 0.1) is 0 Å². The van der Waals surface area contributed by atoms with Crippen molar-refractivity contribution in [2.24, 2.45) is 5.10 Å². The second kappa shape index (κ2) is 7.11. The Morgan fingerprint density at radius 2 is 1.92 bits per heavy atom. The van der Waals surface area contributed by atoms with E-state index in [1.54, 1.807) is 6.20 Å². The Labute approximate surface area is 152 Å². The number of benzene rings is 2. The highest BCUT2D eigenvalue weighted by Crippen LogP contribution is 2.25. The summed E-state index contributed by atoms with van der Waals surface area (Å²) in [7, 11) is 0. The number of para-hydroxylation sites is 1. The fourth-order valence-corrected chi connectivity index (χ4v) is 3.40. The third-order valence-corrected chi connectivity index (χ3v) is 4.71. The molecule has 1 fully saturated rings. The van der Waals surface area contributed by atoms with E-state index in [1.165, 1.54) is 18.5 Å². The lowest BCUT2D eigenvalue weighted by Gasteiger charge is -2.19. The number of hydrogen-bond donors (Lipinski definition) is 1. The van der Waals surface area contributed by atoms with Crippen LogP contribution in [0.5, 0.6) is 0 Å². The van der Waals surface area contributed by atoms with Gasteiger partial charge in [0, 0.05) is 40.9 Å². The van der Waals surface area contributed by atoms with Crippen molar-refractivity contribution in [1.82, 2.24) is 4.98 Å². The summed E-state index contributed by atoms with van der Waals surface area (Å²) in [5.41, 5.74) is 7.28. The molecule has 1 aromatic heterocycles. The first-order valence-corrected chi connectivity index (χ1v) is 8.86. The summed E-state index contributed by atoms with van der Waals surface area (Å²) >= 11 is 6.04. The monoisotopic (exact) mass is 350 g/mol. The summed E-state index contributed by atoms with van der Waals surface area (Å²) in [4.78, 5) is 6.77. The minimum atomic E-state index is 0.681. The van der Waals surface area contributed by atoms with Crippen LogP contribution in [-0.2, 0) is 0 Å². The van der Waals surface area contributed by atoms with Gasteiger partial charge in [0.25, 0.3) is 0 Å². The van der Waals surface area contributed by atoms with Crippen LogP contribution >= 0.6 is 11.6 Å². The van der Waals surface area contributed by atoms with Gasteiger partial charge in [-0.25, -0.2) is 0 Å². The van der Waals surface area contributed by atoms with E-state index in [1.807, 2.05) is 36.5 Å². The maximum Gasteiger partial charge on any atom is 0.0738 e. The third-order valence-electron chi connectivity index (χ3n) is 4.48. The van der Waals surface area contributed by atoms with Crippen LogP contribution in [0.2, 0.25) is 5.02 Å². The van der Waals surface area contributed by atoms with Gasteiger partial charge in [-0.2, -0.15) is 5.10 Å². The second-order valence-corrected chi connectivity index (χ2v) is 6.58. The molecule has 0 amide bonds. The lowest BCUT2D eigenvalue weighted by atomic mass is 10.2. The molecule has 0 unspecified atom stereocenters. The van der Waals surface area contributed by atoms with Crippen molar-refractivity contribution >= 4 is 40.1 Å². The molecule has 126 valence electrons. The molecule has 0 bridgehead atoms. The largest absolute Gasteiger partial charge is 0.371 e. The van der Waals surface area contributed by atoms with Crippen molar-refractivity contribution in [1.29, 1.82) is 0 Å². The van der Waals surface area contributed by atoms with Crippen LogP contribution in [0.15, 0.2) is 59.8 Å². The van der Waals surface area contributed by atoms with Crippen molar-refractivity contribution in [3.05, 3.63) is 65.3 Å². The summed E-state index contributed by atoms with van der Waals surface area (Å²) < 4.78 is 0.